The number of hydrogen-bond donors (Lipinski definition) is 2. The molecule has 0 unspecified atom stereocenters. The van der Waals surface area contributed by atoms with Crippen molar-refractivity contribution in [2.45, 2.75) is 19.4 Å². The molecule has 2 heteroatoms. The lowest BCUT2D eigenvalue weighted by Crippen LogP contribution is -2.14. The van der Waals surface area contributed by atoms with Crippen LogP contribution in [0, 0.1) is 0 Å². The Kier molecular flexibility index (Phi) is 3.57. The van der Waals surface area contributed by atoms with Crippen molar-refractivity contribution in [2.75, 3.05) is 7.05 Å². The first-order valence-electron chi connectivity index (χ1n) is 7.09. The van der Waals surface area contributed by atoms with Crippen LogP contribution in [0.5, 0.6) is 0 Å². The summed E-state index contributed by atoms with van der Waals surface area (Å²) in [7, 11) is 2.01. The monoisotopic (exact) mass is 264 g/mol. The van der Waals surface area contributed by atoms with Gasteiger partial charge in [0.15, 0.2) is 0 Å². The van der Waals surface area contributed by atoms with Gasteiger partial charge in [-0.05, 0) is 60.7 Å². The van der Waals surface area contributed by atoms with Gasteiger partial charge in [0.1, 0.15) is 0 Å². The van der Waals surface area contributed by atoms with E-state index in [1.807, 2.05) is 13.2 Å². The van der Waals surface area contributed by atoms with E-state index in [0.717, 1.165) is 6.42 Å². The number of aromatic amines is 1. The van der Waals surface area contributed by atoms with Gasteiger partial charge in [-0.3, -0.25) is 0 Å². The molecule has 1 atom stereocenters. The molecule has 20 heavy (non-hydrogen) atoms. The Morgan fingerprint density at radius 1 is 1.10 bits per heavy atom. The maximum atomic E-state index is 3.33. The zero-order valence-corrected chi connectivity index (χ0v) is 12.0. The van der Waals surface area contributed by atoms with Crippen LogP contribution in [0.15, 0.2) is 54.7 Å². The maximum absolute atomic E-state index is 3.33. The smallest absolute Gasteiger partial charge is 0.0454 e. The average Bonchev–Trinajstić information content (AvgIpc) is 2.94. The first-order valence-corrected chi connectivity index (χ1v) is 7.09. The largest absolute Gasteiger partial charge is 0.361 e. The van der Waals surface area contributed by atoms with Gasteiger partial charge < -0.3 is 10.3 Å². The number of aromatic nitrogens is 1. The molecule has 2 N–H and O–H groups in total. The second-order valence-electron chi connectivity index (χ2n) is 5.29. The van der Waals surface area contributed by atoms with Gasteiger partial charge in [-0.15, -0.1) is 0 Å². The van der Waals surface area contributed by atoms with Crippen LogP contribution in [0.4, 0.5) is 0 Å². The normalized spacial score (nSPS) is 12.7. The van der Waals surface area contributed by atoms with Gasteiger partial charge in [0.05, 0.1) is 0 Å². The average molecular weight is 264 g/mol. The molecule has 0 spiro atoms. The summed E-state index contributed by atoms with van der Waals surface area (Å²) in [5.41, 5.74) is 5.33. The Bertz CT molecular complexity index is 712. The lowest BCUT2D eigenvalue weighted by atomic mass is 9.95. The molecular weight excluding hydrogens is 244 g/mol. The molecule has 1 heterocycles. The second-order valence-corrected chi connectivity index (χ2v) is 5.29. The quantitative estimate of drug-likeness (QED) is 0.731. The Hall–Kier alpha value is -2.06. The topological polar surface area (TPSA) is 27.8 Å². The van der Waals surface area contributed by atoms with Gasteiger partial charge >= 0.3 is 0 Å². The number of H-pyrrole nitrogens is 1. The van der Waals surface area contributed by atoms with Crippen LogP contribution in [-0.2, 0) is 6.42 Å². The Morgan fingerprint density at radius 3 is 2.80 bits per heavy atom. The summed E-state index contributed by atoms with van der Waals surface area (Å²) >= 11 is 0. The van der Waals surface area contributed by atoms with Crippen LogP contribution in [0.25, 0.3) is 10.9 Å². The molecule has 0 amide bonds. The van der Waals surface area contributed by atoms with Crippen molar-refractivity contribution >= 4 is 10.9 Å². The van der Waals surface area contributed by atoms with Crippen LogP contribution in [0.2, 0.25) is 0 Å². The molecule has 0 aliphatic carbocycles. The molecule has 3 aromatic rings. The molecule has 0 aliphatic heterocycles. The maximum Gasteiger partial charge on any atom is 0.0454 e. The van der Waals surface area contributed by atoms with Crippen LogP contribution >= 0.6 is 0 Å². The van der Waals surface area contributed by atoms with E-state index in [2.05, 4.69) is 65.8 Å². The molecule has 2 nitrogen and oxygen atoms in total. The van der Waals surface area contributed by atoms with E-state index in [1.165, 1.54) is 27.6 Å². The predicted molar refractivity (Wildman–Crippen MR) is 85.0 cm³/mol. The van der Waals surface area contributed by atoms with Crippen molar-refractivity contribution in [3.8, 4) is 0 Å². The van der Waals surface area contributed by atoms with Crippen molar-refractivity contribution in [2.24, 2.45) is 0 Å². The lowest BCUT2D eigenvalue weighted by Gasteiger charge is -2.16. The minimum absolute atomic E-state index is 0.377. The van der Waals surface area contributed by atoms with E-state index >= 15 is 0 Å². The number of nitrogens with one attached hydrogen (secondary N) is 2. The van der Waals surface area contributed by atoms with Gasteiger partial charge in [-0.25, -0.2) is 0 Å². The Labute approximate surface area is 119 Å². The molecule has 0 saturated heterocycles. The number of hydrogen-bond acceptors (Lipinski definition) is 1. The highest BCUT2D eigenvalue weighted by Gasteiger charge is 2.09. The third-order valence-electron chi connectivity index (χ3n) is 3.97. The molecule has 3 rings (SSSR count). The zero-order valence-electron chi connectivity index (χ0n) is 12.0. The molecule has 0 fully saturated rings. The Balaban J connectivity index is 1.94. The summed E-state index contributed by atoms with van der Waals surface area (Å²) in [4.78, 5) is 3.24. The predicted octanol–water partition coefficient (Wildman–Crippen LogP) is 4.04. The molecule has 2 aromatic carbocycles. The van der Waals surface area contributed by atoms with E-state index in [1.54, 1.807) is 0 Å². The van der Waals surface area contributed by atoms with Crippen molar-refractivity contribution in [1.82, 2.24) is 10.3 Å². The molecular formula is C18H20N2. The summed E-state index contributed by atoms with van der Waals surface area (Å²) in [5.74, 6) is 0. The highest BCUT2D eigenvalue weighted by Crippen LogP contribution is 2.22. The van der Waals surface area contributed by atoms with Gasteiger partial charge in [0, 0.05) is 17.8 Å². The molecule has 0 aliphatic rings. The number of fused-ring (bicyclic) bond motifs is 1. The fraction of sp³-hybridized carbons (Fsp3) is 0.222. The lowest BCUT2D eigenvalue weighted by molar-refractivity contribution is 0.646. The van der Waals surface area contributed by atoms with E-state index < -0.39 is 0 Å². The van der Waals surface area contributed by atoms with Crippen molar-refractivity contribution in [3.05, 3.63) is 71.4 Å². The molecule has 102 valence electrons. The standard InChI is InChI=1S/C18H20N2/c1-13(19-2)17-6-4-3-5-15(17)11-14-7-8-18-16(12-14)9-10-20-18/h3-10,12-13,19-20H,11H2,1-2H3/t13-/m0/s1. The van der Waals surface area contributed by atoms with Gasteiger partial charge in [0.25, 0.3) is 0 Å². The number of benzene rings is 2. The second kappa shape index (κ2) is 5.51. The number of rotatable bonds is 4. The SMILES string of the molecule is CN[C@@H](C)c1ccccc1Cc1ccc2[nH]ccc2c1. The van der Waals surface area contributed by atoms with Crippen molar-refractivity contribution in [3.63, 3.8) is 0 Å². The summed E-state index contributed by atoms with van der Waals surface area (Å²) in [6, 6.07) is 17.8. The molecule has 0 radical (unpaired) electrons. The molecule has 1 aromatic heterocycles. The first-order chi connectivity index (χ1) is 9.78. The van der Waals surface area contributed by atoms with Gasteiger partial charge in [-0.1, -0.05) is 30.3 Å². The zero-order chi connectivity index (χ0) is 13.9. The summed E-state index contributed by atoms with van der Waals surface area (Å²) < 4.78 is 0. The van der Waals surface area contributed by atoms with Gasteiger partial charge in [-0.2, -0.15) is 0 Å². The van der Waals surface area contributed by atoms with Crippen molar-refractivity contribution < 1.29 is 0 Å². The summed E-state index contributed by atoms with van der Waals surface area (Å²) in [6.45, 7) is 2.20. The van der Waals surface area contributed by atoms with Crippen LogP contribution < -0.4 is 5.32 Å². The molecule has 0 saturated carbocycles. The summed E-state index contributed by atoms with van der Waals surface area (Å²) in [5, 5.41) is 4.61. The van der Waals surface area contributed by atoms with Crippen LogP contribution in [0.3, 0.4) is 0 Å². The van der Waals surface area contributed by atoms with Crippen LogP contribution in [0.1, 0.15) is 29.7 Å². The molecule has 0 bridgehead atoms. The van der Waals surface area contributed by atoms with E-state index in [9.17, 15) is 0 Å². The minimum Gasteiger partial charge on any atom is -0.361 e. The third kappa shape index (κ3) is 2.47. The fourth-order valence-electron chi connectivity index (χ4n) is 2.71. The van der Waals surface area contributed by atoms with Gasteiger partial charge in [0.2, 0.25) is 0 Å². The minimum atomic E-state index is 0.377. The van der Waals surface area contributed by atoms with E-state index in [4.69, 9.17) is 0 Å². The van der Waals surface area contributed by atoms with E-state index in [0.29, 0.717) is 6.04 Å². The van der Waals surface area contributed by atoms with E-state index in [-0.39, 0.29) is 0 Å². The highest BCUT2D eigenvalue weighted by molar-refractivity contribution is 5.80. The Morgan fingerprint density at radius 2 is 1.95 bits per heavy atom. The third-order valence-corrected chi connectivity index (χ3v) is 3.97. The summed E-state index contributed by atoms with van der Waals surface area (Å²) in [6.07, 6.45) is 2.97. The van der Waals surface area contributed by atoms with Crippen molar-refractivity contribution in [1.29, 1.82) is 0 Å². The highest BCUT2D eigenvalue weighted by atomic mass is 14.9. The van der Waals surface area contributed by atoms with Crippen LogP contribution in [-0.4, -0.2) is 12.0 Å². The first kappa shape index (κ1) is 12.9. The fourth-order valence-corrected chi connectivity index (χ4v) is 2.71.